The quantitative estimate of drug-likeness (QED) is 0.503. The van der Waals surface area contributed by atoms with Crippen LogP contribution in [0.2, 0.25) is 0 Å². The summed E-state index contributed by atoms with van der Waals surface area (Å²) < 4.78 is 39.2. The number of hydrogen-bond donors (Lipinski definition) is 1. The highest BCUT2D eigenvalue weighted by molar-refractivity contribution is 14.1. The molecular weight excluding hydrogens is 478 g/mol. The molecule has 9 heteroatoms. The highest BCUT2D eigenvalue weighted by atomic mass is 127. The van der Waals surface area contributed by atoms with E-state index in [0.717, 1.165) is 23.5 Å². The van der Waals surface area contributed by atoms with E-state index in [1.165, 1.54) is 6.07 Å². The lowest BCUT2D eigenvalue weighted by Crippen LogP contribution is -2.14. The van der Waals surface area contributed by atoms with Gasteiger partial charge < -0.3 is 5.32 Å². The fraction of sp³-hybridized carbons (Fsp3) is 0.118. The molecule has 0 aliphatic rings. The van der Waals surface area contributed by atoms with E-state index in [2.05, 4.69) is 15.3 Å². The number of amides is 1. The Bertz CT molecular complexity index is 958. The molecule has 0 fully saturated rings. The number of aryl methyl sites for hydroxylation is 1. The predicted octanol–water partition coefficient (Wildman–Crippen LogP) is 5.39. The fourth-order valence-corrected chi connectivity index (χ4v) is 3.59. The number of aromatic nitrogens is 2. The summed E-state index contributed by atoms with van der Waals surface area (Å²) in [6.07, 6.45) is -2.85. The molecule has 1 N–H and O–H groups in total. The topological polar surface area (TPSA) is 54.9 Å². The number of pyridine rings is 1. The van der Waals surface area contributed by atoms with Crippen molar-refractivity contribution < 1.29 is 18.0 Å². The van der Waals surface area contributed by atoms with E-state index < -0.39 is 17.6 Å². The number of halogens is 4. The molecular formula is C17H11F3IN3OS. The number of alkyl halides is 3. The van der Waals surface area contributed by atoms with Crippen molar-refractivity contribution in [2.24, 2.45) is 0 Å². The number of benzene rings is 1. The smallest absolute Gasteiger partial charge is 0.320 e. The number of nitrogens with one attached hydrogen (secondary N) is 1. The molecule has 4 nitrogen and oxygen atoms in total. The molecule has 0 spiro atoms. The maximum absolute atomic E-state index is 12.9. The first-order chi connectivity index (χ1) is 12.3. The van der Waals surface area contributed by atoms with Gasteiger partial charge in [-0.25, -0.2) is 4.98 Å². The summed E-state index contributed by atoms with van der Waals surface area (Å²) in [6.45, 7) is 1.68. The Balaban J connectivity index is 1.89. The standard InChI is InChI=1S/C17H11F3IN3OS/c1-9-14(26-16(23-9)12-4-2-3-7-22-12)15(25)24-13-8-10(17(18,19)20)5-6-11(13)21/h2-8H,1H3,(H,24,25). The highest BCUT2D eigenvalue weighted by Gasteiger charge is 2.31. The van der Waals surface area contributed by atoms with Crippen molar-refractivity contribution in [2.45, 2.75) is 13.1 Å². The Hall–Kier alpha value is -2.01. The van der Waals surface area contributed by atoms with Crippen molar-refractivity contribution in [2.75, 3.05) is 5.32 Å². The number of carbonyl (C=O) groups excluding carboxylic acids is 1. The molecule has 2 aromatic heterocycles. The van der Waals surface area contributed by atoms with Crippen molar-refractivity contribution in [1.82, 2.24) is 9.97 Å². The van der Waals surface area contributed by atoms with Gasteiger partial charge >= 0.3 is 6.18 Å². The number of thiazole rings is 1. The SMILES string of the molecule is Cc1nc(-c2ccccn2)sc1C(=O)Nc1cc(C(F)(F)F)ccc1I. The van der Waals surface area contributed by atoms with Crippen molar-refractivity contribution in [3.63, 3.8) is 0 Å². The molecule has 0 unspecified atom stereocenters. The van der Waals surface area contributed by atoms with E-state index in [1.807, 2.05) is 28.7 Å². The summed E-state index contributed by atoms with van der Waals surface area (Å²) in [7, 11) is 0. The Morgan fingerprint density at radius 2 is 2.00 bits per heavy atom. The summed E-state index contributed by atoms with van der Waals surface area (Å²) >= 11 is 3.02. The van der Waals surface area contributed by atoms with E-state index in [1.54, 1.807) is 25.3 Å². The average Bonchev–Trinajstić information content (AvgIpc) is 2.98. The van der Waals surface area contributed by atoms with Crippen LogP contribution in [0.1, 0.15) is 20.9 Å². The van der Waals surface area contributed by atoms with E-state index in [-0.39, 0.29) is 5.69 Å². The van der Waals surface area contributed by atoms with E-state index >= 15 is 0 Å². The van der Waals surface area contributed by atoms with Crippen LogP contribution in [0.15, 0.2) is 42.6 Å². The van der Waals surface area contributed by atoms with Crippen molar-refractivity contribution in [1.29, 1.82) is 0 Å². The highest BCUT2D eigenvalue weighted by Crippen LogP contribution is 2.33. The third-order valence-electron chi connectivity index (χ3n) is 3.43. The lowest BCUT2D eigenvalue weighted by molar-refractivity contribution is -0.137. The maximum atomic E-state index is 12.9. The third-order valence-corrected chi connectivity index (χ3v) is 5.55. The van der Waals surface area contributed by atoms with Gasteiger partial charge in [0, 0.05) is 9.77 Å². The van der Waals surface area contributed by atoms with E-state index in [9.17, 15) is 18.0 Å². The van der Waals surface area contributed by atoms with Gasteiger partial charge in [0.25, 0.3) is 5.91 Å². The number of carbonyl (C=O) groups is 1. The van der Waals surface area contributed by atoms with Crippen LogP contribution in [0.3, 0.4) is 0 Å². The first-order valence-corrected chi connectivity index (χ1v) is 9.22. The van der Waals surface area contributed by atoms with Crippen molar-refractivity contribution in [3.8, 4) is 10.7 Å². The molecule has 0 bridgehead atoms. The first kappa shape index (κ1) is 18.8. The molecule has 134 valence electrons. The zero-order chi connectivity index (χ0) is 18.9. The zero-order valence-corrected chi connectivity index (χ0v) is 16.2. The summed E-state index contributed by atoms with van der Waals surface area (Å²) in [5.74, 6) is -0.501. The van der Waals surface area contributed by atoms with Crippen LogP contribution in [-0.4, -0.2) is 15.9 Å². The molecule has 3 rings (SSSR count). The molecule has 0 atom stereocenters. The van der Waals surface area contributed by atoms with Gasteiger partial charge in [0.2, 0.25) is 0 Å². The van der Waals surface area contributed by atoms with Crippen LogP contribution in [0.25, 0.3) is 10.7 Å². The second-order valence-corrected chi connectivity index (χ2v) is 7.46. The Kier molecular flexibility index (Phi) is 5.28. The van der Waals surface area contributed by atoms with Gasteiger partial charge in [-0.15, -0.1) is 11.3 Å². The molecule has 1 aromatic carbocycles. The van der Waals surface area contributed by atoms with Gasteiger partial charge in [0.05, 0.1) is 22.6 Å². The normalized spacial score (nSPS) is 11.4. The number of nitrogens with zero attached hydrogens (tertiary/aromatic N) is 2. The average molecular weight is 489 g/mol. The van der Waals surface area contributed by atoms with Crippen LogP contribution in [-0.2, 0) is 6.18 Å². The van der Waals surface area contributed by atoms with Gasteiger partial charge in [0.1, 0.15) is 9.88 Å². The van der Waals surface area contributed by atoms with E-state index in [4.69, 9.17) is 0 Å². The first-order valence-electron chi connectivity index (χ1n) is 7.32. The van der Waals surface area contributed by atoms with Crippen LogP contribution in [0, 0.1) is 10.5 Å². The monoisotopic (exact) mass is 489 g/mol. The molecule has 0 aliphatic heterocycles. The molecule has 2 heterocycles. The van der Waals surface area contributed by atoms with Gasteiger partial charge in [-0.05, 0) is 59.8 Å². The lowest BCUT2D eigenvalue weighted by Gasteiger charge is -2.11. The second kappa shape index (κ2) is 7.31. The van der Waals surface area contributed by atoms with Gasteiger partial charge in [-0.3, -0.25) is 9.78 Å². The van der Waals surface area contributed by atoms with Gasteiger partial charge in [-0.1, -0.05) is 6.07 Å². The Morgan fingerprint density at radius 3 is 2.65 bits per heavy atom. The maximum Gasteiger partial charge on any atom is 0.416 e. The van der Waals surface area contributed by atoms with Crippen LogP contribution in [0.5, 0.6) is 0 Å². The van der Waals surface area contributed by atoms with Crippen LogP contribution < -0.4 is 5.32 Å². The van der Waals surface area contributed by atoms with Crippen molar-refractivity contribution >= 4 is 45.5 Å². The number of hydrogen-bond acceptors (Lipinski definition) is 4. The van der Waals surface area contributed by atoms with Gasteiger partial charge in [0.15, 0.2) is 0 Å². The Morgan fingerprint density at radius 1 is 1.23 bits per heavy atom. The minimum atomic E-state index is -4.48. The zero-order valence-electron chi connectivity index (χ0n) is 13.3. The number of anilines is 1. The predicted molar refractivity (Wildman–Crippen MR) is 102 cm³/mol. The Labute approximate surface area is 164 Å². The molecule has 26 heavy (non-hydrogen) atoms. The molecule has 0 radical (unpaired) electrons. The summed E-state index contributed by atoms with van der Waals surface area (Å²) in [4.78, 5) is 21.4. The largest absolute Gasteiger partial charge is 0.416 e. The summed E-state index contributed by atoms with van der Waals surface area (Å²) in [5.41, 5.74) is 0.421. The molecule has 0 saturated heterocycles. The second-order valence-electron chi connectivity index (χ2n) is 5.30. The number of rotatable bonds is 3. The summed E-state index contributed by atoms with van der Waals surface area (Å²) in [5, 5.41) is 3.12. The summed E-state index contributed by atoms with van der Waals surface area (Å²) in [6, 6.07) is 8.58. The minimum absolute atomic E-state index is 0.109. The van der Waals surface area contributed by atoms with Crippen LogP contribution >= 0.6 is 33.9 Å². The van der Waals surface area contributed by atoms with E-state index in [0.29, 0.717) is 24.8 Å². The molecule has 3 aromatic rings. The lowest BCUT2D eigenvalue weighted by atomic mass is 10.2. The van der Waals surface area contributed by atoms with Crippen molar-refractivity contribution in [3.05, 3.63) is 62.3 Å². The minimum Gasteiger partial charge on any atom is -0.320 e. The fourth-order valence-electron chi connectivity index (χ4n) is 2.18. The van der Waals surface area contributed by atoms with Crippen LogP contribution in [0.4, 0.5) is 18.9 Å². The molecule has 0 saturated carbocycles. The molecule has 0 aliphatic carbocycles. The molecule has 1 amide bonds. The van der Waals surface area contributed by atoms with Gasteiger partial charge in [-0.2, -0.15) is 13.2 Å². The third kappa shape index (κ3) is 4.04.